The summed E-state index contributed by atoms with van der Waals surface area (Å²) >= 11 is 0. The number of benzene rings is 1. The molecule has 2 nitrogen and oxygen atoms in total. The summed E-state index contributed by atoms with van der Waals surface area (Å²) in [6.07, 6.45) is 3.91. The van der Waals surface area contributed by atoms with Gasteiger partial charge in [0.25, 0.3) is 0 Å². The number of hydrogen-bond donors (Lipinski definition) is 0. The Balaban J connectivity index is 1.89. The van der Waals surface area contributed by atoms with Crippen molar-refractivity contribution in [3.63, 3.8) is 0 Å². The molecule has 0 amide bonds. The minimum Gasteiger partial charge on any atom is -0.299 e. The second-order valence-corrected chi connectivity index (χ2v) is 4.88. The van der Waals surface area contributed by atoms with Crippen molar-refractivity contribution >= 4 is 11.6 Å². The Morgan fingerprint density at radius 1 is 1.29 bits per heavy atom. The fourth-order valence-electron chi connectivity index (χ4n) is 2.38. The Labute approximate surface area is 102 Å². The Morgan fingerprint density at radius 3 is 2.59 bits per heavy atom. The normalized spacial score (nSPS) is 19.6. The highest BCUT2D eigenvalue weighted by molar-refractivity contribution is 5.96. The molecule has 0 saturated heterocycles. The van der Waals surface area contributed by atoms with Crippen LogP contribution in [0.5, 0.6) is 0 Å². The van der Waals surface area contributed by atoms with Crippen LogP contribution < -0.4 is 0 Å². The van der Waals surface area contributed by atoms with Crippen LogP contribution in [0.2, 0.25) is 0 Å². The molecule has 1 aromatic rings. The molecule has 1 aliphatic rings. The standard InChI is InChI=1S/C15H18O2/c1-11-5-7-13(8-6-11)15(17)10-9-12-3-2-4-14(12)16/h5-8,12H,2-4,9-10H2,1H3/t12-/m1/s1. The Morgan fingerprint density at radius 2 is 2.00 bits per heavy atom. The van der Waals surface area contributed by atoms with E-state index in [0.29, 0.717) is 18.6 Å². The molecule has 1 saturated carbocycles. The van der Waals surface area contributed by atoms with E-state index in [9.17, 15) is 9.59 Å². The summed E-state index contributed by atoms with van der Waals surface area (Å²) in [5, 5.41) is 0. The minimum absolute atomic E-state index is 0.143. The first-order valence-corrected chi connectivity index (χ1v) is 6.29. The molecule has 1 fully saturated rings. The van der Waals surface area contributed by atoms with E-state index in [1.807, 2.05) is 31.2 Å². The topological polar surface area (TPSA) is 34.1 Å². The van der Waals surface area contributed by atoms with Gasteiger partial charge in [0.2, 0.25) is 0 Å². The summed E-state index contributed by atoms with van der Waals surface area (Å²) in [5.74, 6) is 0.649. The summed E-state index contributed by atoms with van der Waals surface area (Å²) in [7, 11) is 0. The first kappa shape index (κ1) is 12.0. The van der Waals surface area contributed by atoms with E-state index in [2.05, 4.69) is 0 Å². The lowest BCUT2D eigenvalue weighted by Crippen LogP contribution is -2.09. The predicted octanol–water partition coefficient (Wildman–Crippen LogP) is 3.33. The smallest absolute Gasteiger partial charge is 0.162 e. The molecule has 2 rings (SSSR count). The summed E-state index contributed by atoms with van der Waals surface area (Å²) in [5.41, 5.74) is 1.92. The first-order valence-electron chi connectivity index (χ1n) is 6.29. The van der Waals surface area contributed by atoms with Gasteiger partial charge < -0.3 is 0 Å². The molecule has 0 bridgehead atoms. The van der Waals surface area contributed by atoms with Crippen molar-refractivity contribution in [3.8, 4) is 0 Å². The van der Waals surface area contributed by atoms with Crippen molar-refractivity contribution in [2.75, 3.05) is 0 Å². The molecule has 1 aliphatic carbocycles. The van der Waals surface area contributed by atoms with E-state index in [-0.39, 0.29) is 11.7 Å². The van der Waals surface area contributed by atoms with Gasteiger partial charge in [-0.2, -0.15) is 0 Å². The third-order valence-electron chi connectivity index (χ3n) is 3.52. The highest BCUT2D eigenvalue weighted by atomic mass is 16.1. The number of Topliss-reactive ketones (excluding diaryl/α,β-unsaturated/α-hetero) is 2. The van der Waals surface area contributed by atoms with Crippen molar-refractivity contribution in [2.24, 2.45) is 5.92 Å². The molecule has 1 aromatic carbocycles. The number of carbonyl (C=O) groups excluding carboxylic acids is 2. The van der Waals surface area contributed by atoms with Gasteiger partial charge in [-0.15, -0.1) is 0 Å². The van der Waals surface area contributed by atoms with Crippen LogP contribution in [-0.4, -0.2) is 11.6 Å². The SMILES string of the molecule is Cc1ccc(C(=O)CC[C@H]2CCCC2=O)cc1. The third kappa shape index (κ3) is 3.02. The summed E-state index contributed by atoms with van der Waals surface area (Å²) in [6, 6.07) is 7.64. The Hall–Kier alpha value is -1.44. The van der Waals surface area contributed by atoms with E-state index in [1.165, 1.54) is 0 Å². The number of carbonyl (C=O) groups is 2. The molecule has 17 heavy (non-hydrogen) atoms. The van der Waals surface area contributed by atoms with Crippen LogP contribution in [0.4, 0.5) is 0 Å². The van der Waals surface area contributed by atoms with Crippen LogP contribution >= 0.6 is 0 Å². The highest BCUT2D eigenvalue weighted by Gasteiger charge is 2.24. The maximum Gasteiger partial charge on any atom is 0.162 e. The number of hydrogen-bond acceptors (Lipinski definition) is 2. The van der Waals surface area contributed by atoms with Crippen molar-refractivity contribution in [1.29, 1.82) is 0 Å². The van der Waals surface area contributed by atoms with Gasteiger partial charge in [-0.25, -0.2) is 0 Å². The van der Waals surface area contributed by atoms with E-state index < -0.39 is 0 Å². The van der Waals surface area contributed by atoms with E-state index in [4.69, 9.17) is 0 Å². The zero-order valence-corrected chi connectivity index (χ0v) is 10.2. The predicted molar refractivity (Wildman–Crippen MR) is 67.1 cm³/mol. The van der Waals surface area contributed by atoms with Crippen LogP contribution in [0.25, 0.3) is 0 Å². The maximum absolute atomic E-state index is 11.9. The van der Waals surface area contributed by atoms with Crippen LogP contribution in [-0.2, 0) is 4.79 Å². The Kier molecular flexibility index (Phi) is 3.72. The molecule has 0 radical (unpaired) electrons. The number of aryl methyl sites for hydroxylation is 1. The van der Waals surface area contributed by atoms with Gasteiger partial charge >= 0.3 is 0 Å². The molecular formula is C15H18O2. The average Bonchev–Trinajstić information content (AvgIpc) is 2.73. The van der Waals surface area contributed by atoms with Crippen molar-refractivity contribution < 1.29 is 9.59 Å². The van der Waals surface area contributed by atoms with E-state index in [0.717, 1.165) is 30.4 Å². The van der Waals surface area contributed by atoms with Crippen molar-refractivity contribution in [3.05, 3.63) is 35.4 Å². The van der Waals surface area contributed by atoms with Gasteiger partial charge in [0.1, 0.15) is 5.78 Å². The van der Waals surface area contributed by atoms with Gasteiger partial charge in [0.05, 0.1) is 0 Å². The fourth-order valence-corrected chi connectivity index (χ4v) is 2.38. The summed E-state index contributed by atoms with van der Waals surface area (Å²) < 4.78 is 0. The summed E-state index contributed by atoms with van der Waals surface area (Å²) in [4.78, 5) is 23.4. The third-order valence-corrected chi connectivity index (χ3v) is 3.52. The molecule has 2 heteroatoms. The molecular weight excluding hydrogens is 212 g/mol. The maximum atomic E-state index is 11.9. The highest BCUT2D eigenvalue weighted by Crippen LogP contribution is 2.26. The average molecular weight is 230 g/mol. The first-order chi connectivity index (χ1) is 8.16. The zero-order chi connectivity index (χ0) is 12.3. The molecule has 0 heterocycles. The van der Waals surface area contributed by atoms with Gasteiger partial charge in [0, 0.05) is 24.3 Å². The molecule has 0 unspecified atom stereocenters. The van der Waals surface area contributed by atoms with Gasteiger partial charge in [-0.1, -0.05) is 29.8 Å². The lowest BCUT2D eigenvalue weighted by atomic mass is 9.96. The van der Waals surface area contributed by atoms with Crippen molar-refractivity contribution in [1.82, 2.24) is 0 Å². The minimum atomic E-state index is 0.143. The quantitative estimate of drug-likeness (QED) is 0.743. The summed E-state index contributed by atoms with van der Waals surface area (Å²) in [6.45, 7) is 2.01. The van der Waals surface area contributed by atoms with E-state index in [1.54, 1.807) is 0 Å². The lowest BCUT2D eigenvalue weighted by Gasteiger charge is -2.06. The molecule has 0 aliphatic heterocycles. The lowest BCUT2D eigenvalue weighted by molar-refractivity contribution is -0.120. The molecule has 90 valence electrons. The van der Waals surface area contributed by atoms with Gasteiger partial charge in [-0.3, -0.25) is 9.59 Å². The van der Waals surface area contributed by atoms with Gasteiger partial charge in [-0.05, 0) is 26.2 Å². The second-order valence-electron chi connectivity index (χ2n) is 4.88. The second kappa shape index (κ2) is 5.26. The molecule has 0 spiro atoms. The zero-order valence-electron chi connectivity index (χ0n) is 10.2. The van der Waals surface area contributed by atoms with E-state index >= 15 is 0 Å². The monoisotopic (exact) mass is 230 g/mol. The van der Waals surface area contributed by atoms with Crippen molar-refractivity contribution in [2.45, 2.75) is 39.0 Å². The fraction of sp³-hybridized carbons (Fsp3) is 0.467. The molecule has 0 N–H and O–H groups in total. The largest absolute Gasteiger partial charge is 0.299 e. The van der Waals surface area contributed by atoms with Gasteiger partial charge in [0.15, 0.2) is 5.78 Å². The number of ketones is 2. The molecule has 1 atom stereocenters. The Bertz CT molecular complexity index is 417. The van der Waals surface area contributed by atoms with Crippen LogP contribution in [0, 0.1) is 12.8 Å². The molecule has 0 aromatic heterocycles. The number of rotatable bonds is 4. The van der Waals surface area contributed by atoms with Crippen LogP contribution in [0.3, 0.4) is 0 Å². The van der Waals surface area contributed by atoms with Crippen LogP contribution in [0.15, 0.2) is 24.3 Å². The van der Waals surface area contributed by atoms with Crippen LogP contribution in [0.1, 0.15) is 48.0 Å².